The number of hydrogen-bond donors (Lipinski definition) is 0. The molecule has 17 heavy (non-hydrogen) atoms. The van der Waals surface area contributed by atoms with Crippen molar-refractivity contribution in [1.82, 2.24) is 4.90 Å². The van der Waals surface area contributed by atoms with E-state index in [0.29, 0.717) is 18.1 Å². The summed E-state index contributed by atoms with van der Waals surface area (Å²) >= 11 is 7.89. The molecule has 1 fully saturated rings. The van der Waals surface area contributed by atoms with E-state index in [9.17, 15) is 4.79 Å². The van der Waals surface area contributed by atoms with Crippen LogP contribution in [-0.2, 0) is 11.3 Å². The Labute approximate surface area is 119 Å². The number of carbonyl (C=O) groups excluding carboxylic acids is 1. The monoisotopic (exact) mass is 363 g/mol. The standard InChI is InChI=1S/C12H11ClINO2/c13-10-3-1-9(2-4-10)8-15-6-5-11(7-14)17-12(15)16/h1-4,7H,5-6,8H2/b11-7+. The van der Waals surface area contributed by atoms with Crippen LogP contribution in [0.15, 0.2) is 34.1 Å². The number of halogens is 2. The van der Waals surface area contributed by atoms with E-state index >= 15 is 0 Å². The quantitative estimate of drug-likeness (QED) is 0.745. The van der Waals surface area contributed by atoms with Crippen molar-refractivity contribution in [1.29, 1.82) is 0 Å². The summed E-state index contributed by atoms with van der Waals surface area (Å²) in [6.07, 6.45) is 0.483. The van der Waals surface area contributed by atoms with Crippen LogP contribution in [0, 0.1) is 0 Å². The van der Waals surface area contributed by atoms with Crippen LogP contribution >= 0.6 is 34.2 Å². The van der Waals surface area contributed by atoms with E-state index in [2.05, 4.69) is 22.6 Å². The molecule has 1 amide bonds. The first-order chi connectivity index (χ1) is 8.19. The molecule has 0 aliphatic carbocycles. The largest absolute Gasteiger partial charge is 0.415 e. The molecule has 90 valence electrons. The van der Waals surface area contributed by atoms with Gasteiger partial charge < -0.3 is 9.64 Å². The molecule has 1 aliphatic heterocycles. The van der Waals surface area contributed by atoms with Gasteiger partial charge in [0, 0.05) is 28.6 Å². The second kappa shape index (κ2) is 5.73. The van der Waals surface area contributed by atoms with E-state index in [1.165, 1.54) is 0 Å². The van der Waals surface area contributed by atoms with Gasteiger partial charge in [0.1, 0.15) is 5.76 Å². The van der Waals surface area contributed by atoms with Gasteiger partial charge in [0.25, 0.3) is 0 Å². The predicted octanol–water partition coefficient (Wildman–Crippen LogP) is 3.96. The van der Waals surface area contributed by atoms with E-state index in [1.807, 2.05) is 24.3 Å². The average molecular weight is 364 g/mol. The van der Waals surface area contributed by atoms with Crippen molar-refractivity contribution in [2.24, 2.45) is 0 Å². The van der Waals surface area contributed by atoms with Gasteiger partial charge in [-0.1, -0.05) is 23.7 Å². The van der Waals surface area contributed by atoms with E-state index in [0.717, 1.165) is 17.7 Å². The first-order valence-corrected chi connectivity index (χ1v) is 6.82. The molecule has 0 saturated carbocycles. The number of nitrogens with zero attached hydrogens (tertiary/aromatic N) is 1. The van der Waals surface area contributed by atoms with E-state index in [-0.39, 0.29) is 6.09 Å². The molecule has 1 aliphatic rings. The van der Waals surface area contributed by atoms with Gasteiger partial charge in [0.15, 0.2) is 0 Å². The van der Waals surface area contributed by atoms with Crippen LogP contribution in [0.4, 0.5) is 4.79 Å². The average Bonchev–Trinajstić information content (AvgIpc) is 2.34. The van der Waals surface area contributed by atoms with Gasteiger partial charge in [0.2, 0.25) is 0 Å². The van der Waals surface area contributed by atoms with E-state index in [4.69, 9.17) is 16.3 Å². The second-order valence-corrected chi connectivity index (χ2v) is 4.80. The fourth-order valence-electron chi connectivity index (χ4n) is 1.59. The molecule has 1 saturated heterocycles. The molecular formula is C12H11ClINO2. The Hall–Kier alpha value is -0.750. The molecule has 1 aromatic rings. The third-order valence-corrected chi connectivity index (χ3v) is 3.46. The fraction of sp³-hybridized carbons (Fsp3) is 0.250. The highest BCUT2D eigenvalue weighted by Crippen LogP contribution is 2.19. The number of amides is 1. The van der Waals surface area contributed by atoms with Gasteiger partial charge in [-0.05, 0) is 40.3 Å². The minimum Gasteiger partial charge on any atom is -0.414 e. The molecule has 1 heterocycles. The topological polar surface area (TPSA) is 29.5 Å². The van der Waals surface area contributed by atoms with Crippen LogP contribution in [0.1, 0.15) is 12.0 Å². The Balaban J connectivity index is 2.00. The summed E-state index contributed by atoms with van der Waals surface area (Å²) < 4.78 is 6.96. The van der Waals surface area contributed by atoms with E-state index < -0.39 is 0 Å². The van der Waals surface area contributed by atoms with Crippen molar-refractivity contribution < 1.29 is 9.53 Å². The molecular weight excluding hydrogens is 352 g/mol. The Kier molecular flexibility index (Phi) is 4.28. The molecule has 2 rings (SSSR count). The van der Waals surface area contributed by atoms with Crippen LogP contribution < -0.4 is 0 Å². The normalized spacial score (nSPS) is 18.4. The highest BCUT2D eigenvalue weighted by atomic mass is 127. The molecule has 1 aromatic carbocycles. The molecule has 0 atom stereocenters. The van der Waals surface area contributed by atoms with Crippen LogP contribution in [-0.4, -0.2) is 17.5 Å². The summed E-state index contributed by atoms with van der Waals surface area (Å²) in [5, 5.41) is 0.699. The number of carbonyl (C=O) groups is 1. The van der Waals surface area contributed by atoms with Gasteiger partial charge in [-0.2, -0.15) is 0 Å². The van der Waals surface area contributed by atoms with Gasteiger partial charge in [-0.15, -0.1) is 0 Å². The lowest BCUT2D eigenvalue weighted by Gasteiger charge is -2.27. The Morgan fingerprint density at radius 2 is 2.12 bits per heavy atom. The van der Waals surface area contributed by atoms with Crippen LogP contribution in [0.25, 0.3) is 0 Å². The lowest BCUT2D eigenvalue weighted by Crippen LogP contribution is -2.36. The van der Waals surface area contributed by atoms with Gasteiger partial charge in [-0.25, -0.2) is 4.79 Å². The summed E-state index contributed by atoms with van der Waals surface area (Å²) in [6, 6.07) is 7.48. The minimum absolute atomic E-state index is 0.283. The van der Waals surface area contributed by atoms with Gasteiger partial charge in [0.05, 0.1) is 0 Å². The van der Waals surface area contributed by atoms with Crippen molar-refractivity contribution in [3.8, 4) is 0 Å². The summed E-state index contributed by atoms with van der Waals surface area (Å²) in [6.45, 7) is 1.25. The molecule has 5 heteroatoms. The Morgan fingerprint density at radius 3 is 2.71 bits per heavy atom. The maximum atomic E-state index is 11.7. The number of rotatable bonds is 2. The van der Waals surface area contributed by atoms with Crippen molar-refractivity contribution in [2.75, 3.05) is 6.54 Å². The molecule has 3 nitrogen and oxygen atoms in total. The predicted molar refractivity (Wildman–Crippen MR) is 75.1 cm³/mol. The molecule has 0 unspecified atom stereocenters. The SMILES string of the molecule is O=C1O/C(=C/I)CCN1Cc1ccc(Cl)cc1. The molecule has 0 radical (unpaired) electrons. The minimum atomic E-state index is -0.283. The van der Waals surface area contributed by atoms with Crippen molar-refractivity contribution >= 4 is 40.3 Å². The third kappa shape index (κ3) is 3.35. The first-order valence-electron chi connectivity index (χ1n) is 5.19. The van der Waals surface area contributed by atoms with Crippen LogP contribution in [0.2, 0.25) is 5.02 Å². The summed E-state index contributed by atoms with van der Waals surface area (Å²) in [7, 11) is 0. The lowest BCUT2D eigenvalue weighted by atomic mass is 10.2. The second-order valence-electron chi connectivity index (χ2n) is 3.74. The van der Waals surface area contributed by atoms with Crippen molar-refractivity contribution in [3.05, 3.63) is 44.7 Å². The molecule has 0 bridgehead atoms. The molecule has 0 N–H and O–H groups in total. The maximum Gasteiger partial charge on any atom is 0.415 e. The van der Waals surface area contributed by atoms with E-state index in [1.54, 1.807) is 8.98 Å². The van der Waals surface area contributed by atoms with Crippen molar-refractivity contribution in [2.45, 2.75) is 13.0 Å². The highest BCUT2D eigenvalue weighted by molar-refractivity contribution is 14.1. The molecule has 0 spiro atoms. The van der Waals surface area contributed by atoms with Crippen molar-refractivity contribution in [3.63, 3.8) is 0 Å². The van der Waals surface area contributed by atoms with Gasteiger partial charge in [-0.3, -0.25) is 0 Å². The number of ether oxygens (including phenoxy) is 1. The summed E-state index contributed by atoms with van der Waals surface area (Å²) in [4.78, 5) is 13.4. The fourth-order valence-corrected chi connectivity index (χ4v) is 2.16. The highest BCUT2D eigenvalue weighted by Gasteiger charge is 2.22. The Bertz CT molecular complexity index is 444. The molecule has 0 aromatic heterocycles. The smallest absolute Gasteiger partial charge is 0.414 e. The third-order valence-electron chi connectivity index (χ3n) is 2.51. The zero-order chi connectivity index (χ0) is 12.3. The summed E-state index contributed by atoms with van der Waals surface area (Å²) in [5.41, 5.74) is 1.05. The number of benzene rings is 1. The van der Waals surface area contributed by atoms with Crippen LogP contribution in [0.5, 0.6) is 0 Å². The van der Waals surface area contributed by atoms with Crippen LogP contribution in [0.3, 0.4) is 0 Å². The number of hydrogen-bond acceptors (Lipinski definition) is 2. The summed E-state index contributed by atoms with van der Waals surface area (Å²) in [5.74, 6) is 0.739. The van der Waals surface area contributed by atoms with Gasteiger partial charge >= 0.3 is 6.09 Å². The first kappa shape index (κ1) is 12.7. The number of cyclic esters (lactones) is 1. The zero-order valence-electron chi connectivity index (χ0n) is 9.03. The Morgan fingerprint density at radius 1 is 1.41 bits per heavy atom. The maximum absolute atomic E-state index is 11.7. The lowest BCUT2D eigenvalue weighted by molar-refractivity contribution is 0.102. The zero-order valence-corrected chi connectivity index (χ0v) is 11.9.